The van der Waals surface area contributed by atoms with Crippen molar-refractivity contribution in [3.8, 4) is 17.1 Å². The van der Waals surface area contributed by atoms with E-state index in [9.17, 15) is 9.18 Å². The number of aromatic nitrogens is 2. The maximum absolute atomic E-state index is 14.0. The third-order valence-corrected chi connectivity index (χ3v) is 4.76. The number of halogens is 1. The average molecular weight is 359 g/mol. The first kappa shape index (κ1) is 17.3. The number of likely N-dealkylation sites (N-methyl/N-ethyl adjacent to an activating group) is 1. The Kier molecular flexibility index (Phi) is 5.23. The maximum atomic E-state index is 14.0. The molecule has 0 fully saturated rings. The van der Waals surface area contributed by atoms with Crippen LogP contribution < -0.4 is 4.74 Å². The Balaban J connectivity index is 1.93. The molecule has 0 aliphatic heterocycles. The van der Waals surface area contributed by atoms with Crippen molar-refractivity contribution in [1.82, 2.24) is 14.9 Å². The first-order chi connectivity index (χ1) is 12.1. The number of hydrogen-bond acceptors (Lipinski definition) is 5. The van der Waals surface area contributed by atoms with Gasteiger partial charge < -0.3 is 9.64 Å². The number of carbonyl (C=O) groups is 1. The minimum Gasteiger partial charge on any atom is -0.482 e. The first-order valence-corrected chi connectivity index (χ1v) is 8.91. The summed E-state index contributed by atoms with van der Waals surface area (Å²) in [7, 11) is 0. The smallest absolute Gasteiger partial charge is 0.260 e. The van der Waals surface area contributed by atoms with Crippen LogP contribution in [-0.4, -0.2) is 40.5 Å². The predicted molar refractivity (Wildman–Crippen MR) is 96.2 cm³/mol. The number of thiophene rings is 1. The molecular formula is C18H18FN3O2S. The highest BCUT2D eigenvalue weighted by atomic mass is 32.1. The van der Waals surface area contributed by atoms with Crippen LogP contribution >= 0.6 is 11.3 Å². The summed E-state index contributed by atoms with van der Waals surface area (Å²) in [5.41, 5.74) is 1.24. The largest absolute Gasteiger partial charge is 0.482 e. The first-order valence-electron chi connectivity index (χ1n) is 8.03. The number of pyridine rings is 2. The standard InChI is InChI=1S/C18H18FN3O2S/c1-3-22(4-2)16(23)11-24-15-10-14(17-12(19)6-5-8-20-17)21-13-7-9-25-18(13)15/h5-10H,3-4,11H2,1-2H3. The van der Waals surface area contributed by atoms with Crippen molar-refractivity contribution in [2.75, 3.05) is 19.7 Å². The fourth-order valence-corrected chi connectivity index (χ4v) is 3.34. The lowest BCUT2D eigenvalue weighted by atomic mass is 10.2. The molecule has 5 nitrogen and oxygen atoms in total. The van der Waals surface area contributed by atoms with Crippen molar-refractivity contribution in [3.05, 3.63) is 41.7 Å². The molecule has 0 saturated carbocycles. The zero-order valence-corrected chi connectivity index (χ0v) is 14.8. The van der Waals surface area contributed by atoms with E-state index in [1.807, 2.05) is 25.3 Å². The zero-order valence-electron chi connectivity index (χ0n) is 14.0. The Bertz CT molecular complexity index is 893. The molecule has 0 unspecified atom stereocenters. The van der Waals surface area contributed by atoms with E-state index in [1.54, 1.807) is 11.0 Å². The fraction of sp³-hybridized carbons (Fsp3) is 0.278. The molecule has 130 valence electrons. The predicted octanol–water partition coefficient (Wildman–Crippen LogP) is 3.74. The monoisotopic (exact) mass is 359 g/mol. The summed E-state index contributed by atoms with van der Waals surface area (Å²) in [5.74, 6) is -0.0209. The lowest BCUT2D eigenvalue weighted by Gasteiger charge is -2.19. The summed E-state index contributed by atoms with van der Waals surface area (Å²) in [6.07, 6.45) is 1.52. The summed E-state index contributed by atoms with van der Waals surface area (Å²) in [4.78, 5) is 22.4. The summed E-state index contributed by atoms with van der Waals surface area (Å²) >= 11 is 1.47. The van der Waals surface area contributed by atoms with Gasteiger partial charge in [0, 0.05) is 25.4 Å². The van der Waals surface area contributed by atoms with Crippen LogP contribution in [-0.2, 0) is 4.79 Å². The molecule has 3 heterocycles. The Hall–Kier alpha value is -2.54. The van der Waals surface area contributed by atoms with Gasteiger partial charge in [-0.05, 0) is 37.4 Å². The van der Waals surface area contributed by atoms with E-state index >= 15 is 0 Å². The molecule has 0 N–H and O–H groups in total. The van der Waals surface area contributed by atoms with E-state index < -0.39 is 5.82 Å². The molecule has 0 aliphatic carbocycles. The van der Waals surface area contributed by atoms with Gasteiger partial charge in [0.1, 0.15) is 11.4 Å². The van der Waals surface area contributed by atoms with Crippen molar-refractivity contribution < 1.29 is 13.9 Å². The Morgan fingerprint density at radius 1 is 1.32 bits per heavy atom. The van der Waals surface area contributed by atoms with E-state index in [0.717, 1.165) is 4.70 Å². The van der Waals surface area contributed by atoms with Gasteiger partial charge in [-0.25, -0.2) is 9.37 Å². The van der Waals surface area contributed by atoms with Gasteiger partial charge >= 0.3 is 0 Å². The van der Waals surface area contributed by atoms with Crippen molar-refractivity contribution in [1.29, 1.82) is 0 Å². The zero-order chi connectivity index (χ0) is 17.8. The number of carbonyl (C=O) groups excluding carboxylic acids is 1. The average Bonchev–Trinajstić information content (AvgIpc) is 3.09. The molecule has 0 atom stereocenters. The van der Waals surface area contributed by atoms with Gasteiger partial charge in [0.2, 0.25) is 0 Å². The van der Waals surface area contributed by atoms with E-state index in [4.69, 9.17) is 4.74 Å². The van der Waals surface area contributed by atoms with Crippen LogP contribution in [0.25, 0.3) is 21.6 Å². The number of hydrogen-bond donors (Lipinski definition) is 0. The normalized spacial score (nSPS) is 10.8. The molecule has 25 heavy (non-hydrogen) atoms. The van der Waals surface area contributed by atoms with Crippen LogP contribution in [0, 0.1) is 5.82 Å². The lowest BCUT2D eigenvalue weighted by Crippen LogP contribution is -2.34. The van der Waals surface area contributed by atoms with Gasteiger partial charge in [0.15, 0.2) is 12.4 Å². The topological polar surface area (TPSA) is 55.3 Å². The lowest BCUT2D eigenvalue weighted by molar-refractivity contribution is -0.132. The number of fused-ring (bicyclic) bond motifs is 1. The number of ether oxygens (including phenoxy) is 1. The molecule has 3 aromatic heterocycles. The molecule has 7 heteroatoms. The second-order valence-electron chi connectivity index (χ2n) is 5.33. The quantitative estimate of drug-likeness (QED) is 0.673. The summed E-state index contributed by atoms with van der Waals surface area (Å²) in [5, 5.41) is 1.88. The highest BCUT2D eigenvalue weighted by molar-refractivity contribution is 7.17. The van der Waals surface area contributed by atoms with Crippen LogP contribution in [0.5, 0.6) is 5.75 Å². The maximum Gasteiger partial charge on any atom is 0.260 e. The van der Waals surface area contributed by atoms with E-state index in [1.165, 1.54) is 29.7 Å². The van der Waals surface area contributed by atoms with Gasteiger partial charge in [0.25, 0.3) is 5.91 Å². The molecule has 0 radical (unpaired) electrons. The Morgan fingerprint density at radius 3 is 2.84 bits per heavy atom. The van der Waals surface area contributed by atoms with E-state index in [2.05, 4.69) is 9.97 Å². The second-order valence-corrected chi connectivity index (χ2v) is 6.25. The molecule has 0 saturated heterocycles. The van der Waals surface area contributed by atoms with E-state index in [-0.39, 0.29) is 18.2 Å². The fourth-order valence-electron chi connectivity index (χ4n) is 2.54. The van der Waals surface area contributed by atoms with Crippen LogP contribution in [0.3, 0.4) is 0 Å². The molecule has 3 rings (SSSR count). The van der Waals surface area contributed by atoms with Crippen LogP contribution in [0.15, 0.2) is 35.8 Å². The summed E-state index contributed by atoms with van der Waals surface area (Å²) in [6.45, 7) is 5.05. The Morgan fingerprint density at radius 2 is 2.12 bits per heavy atom. The van der Waals surface area contributed by atoms with Crippen molar-refractivity contribution in [2.24, 2.45) is 0 Å². The van der Waals surface area contributed by atoms with Gasteiger partial charge in [-0.2, -0.15) is 0 Å². The second kappa shape index (κ2) is 7.57. The highest BCUT2D eigenvalue weighted by Gasteiger charge is 2.16. The van der Waals surface area contributed by atoms with Crippen LogP contribution in [0.4, 0.5) is 4.39 Å². The van der Waals surface area contributed by atoms with Gasteiger partial charge in [-0.1, -0.05) is 0 Å². The summed E-state index contributed by atoms with van der Waals surface area (Å²) in [6, 6.07) is 6.34. The number of nitrogens with zero attached hydrogens (tertiary/aromatic N) is 3. The third kappa shape index (κ3) is 3.61. The minimum atomic E-state index is -0.449. The number of amides is 1. The van der Waals surface area contributed by atoms with E-state index in [0.29, 0.717) is 30.0 Å². The molecule has 0 aliphatic rings. The molecule has 0 bridgehead atoms. The van der Waals surface area contributed by atoms with Crippen molar-refractivity contribution in [3.63, 3.8) is 0 Å². The van der Waals surface area contributed by atoms with Gasteiger partial charge in [0.05, 0.1) is 15.9 Å². The Labute approximate surface area is 149 Å². The molecule has 0 aromatic carbocycles. The van der Waals surface area contributed by atoms with Crippen LogP contribution in [0.2, 0.25) is 0 Å². The summed E-state index contributed by atoms with van der Waals surface area (Å²) < 4.78 is 20.6. The van der Waals surface area contributed by atoms with Crippen molar-refractivity contribution in [2.45, 2.75) is 13.8 Å². The minimum absolute atomic E-state index is 0.0666. The molecule has 1 amide bonds. The van der Waals surface area contributed by atoms with Crippen molar-refractivity contribution >= 4 is 27.5 Å². The molecular weight excluding hydrogens is 341 g/mol. The SMILES string of the molecule is CCN(CC)C(=O)COc1cc(-c2ncccc2F)nc2ccsc12. The molecule has 3 aromatic rings. The van der Waals surface area contributed by atoms with Gasteiger partial charge in [-0.3, -0.25) is 9.78 Å². The molecule has 0 spiro atoms. The third-order valence-electron chi connectivity index (χ3n) is 3.85. The van der Waals surface area contributed by atoms with Gasteiger partial charge in [-0.15, -0.1) is 11.3 Å². The number of rotatable bonds is 6. The van der Waals surface area contributed by atoms with Crippen LogP contribution in [0.1, 0.15) is 13.8 Å². The highest BCUT2D eigenvalue weighted by Crippen LogP contribution is 2.33.